The zero-order valence-electron chi connectivity index (χ0n) is 13.7. The minimum absolute atomic E-state index is 0.0608. The number of nitrogens with one attached hydrogen (secondary N) is 3. The van der Waals surface area contributed by atoms with E-state index >= 15 is 0 Å². The maximum Gasteiger partial charge on any atom is 0.271 e. The van der Waals surface area contributed by atoms with Crippen molar-refractivity contribution in [2.75, 3.05) is 11.9 Å². The van der Waals surface area contributed by atoms with E-state index in [1.807, 2.05) is 36.4 Å². The SMILES string of the molecule is O=C(CCNC(=O)c1ccc2ccccc2c1)Nc1cc(Br)c[nH]c1=O. The molecule has 2 amide bonds. The van der Waals surface area contributed by atoms with Crippen molar-refractivity contribution >= 4 is 44.2 Å². The van der Waals surface area contributed by atoms with Crippen LogP contribution in [-0.2, 0) is 4.79 Å². The van der Waals surface area contributed by atoms with Crippen molar-refractivity contribution in [3.05, 3.63) is 75.1 Å². The van der Waals surface area contributed by atoms with Gasteiger partial charge in [0.05, 0.1) is 0 Å². The monoisotopic (exact) mass is 413 g/mol. The van der Waals surface area contributed by atoms with Crippen molar-refractivity contribution in [2.24, 2.45) is 0 Å². The average Bonchev–Trinajstić information content (AvgIpc) is 2.64. The highest BCUT2D eigenvalue weighted by Crippen LogP contribution is 2.15. The number of rotatable bonds is 5. The maximum atomic E-state index is 12.2. The maximum absolute atomic E-state index is 12.2. The lowest BCUT2D eigenvalue weighted by Gasteiger charge is -2.07. The van der Waals surface area contributed by atoms with Gasteiger partial charge in [-0.05, 0) is 44.9 Å². The zero-order valence-corrected chi connectivity index (χ0v) is 15.3. The van der Waals surface area contributed by atoms with Crippen molar-refractivity contribution in [3.63, 3.8) is 0 Å². The molecule has 1 heterocycles. The Morgan fingerprint density at radius 2 is 1.81 bits per heavy atom. The van der Waals surface area contributed by atoms with Gasteiger partial charge in [0.1, 0.15) is 5.69 Å². The molecule has 1 aromatic heterocycles. The first-order chi connectivity index (χ1) is 12.5. The fourth-order valence-corrected chi connectivity index (χ4v) is 2.83. The van der Waals surface area contributed by atoms with Crippen LogP contribution in [0.4, 0.5) is 5.69 Å². The summed E-state index contributed by atoms with van der Waals surface area (Å²) in [5, 5.41) is 7.27. The van der Waals surface area contributed by atoms with Crippen LogP contribution in [0.15, 0.2) is 64.0 Å². The van der Waals surface area contributed by atoms with E-state index in [4.69, 9.17) is 0 Å². The molecule has 0 radical (unpaired) electrons. The first kappa shape index (κ1) is 17.9. The number of anilines is 1. The lowest BCUT2D eigenvalue weighted by atomic mass is 10.1. The molecule has 3 N–H and O–H groups in total. The Balaban J connectivity index is 1.55. The highest BCUT2D eigenvalue weighted by molar-refractivity contribution is 9.10. The molecule has 2 aromatic carbocycles. The average molecular weight is 414 g/mol. The normalized spacial score (nSPS) is 10.5. The van der Waals surface area contributed by atoms with Crippen LogP contribution in [-0.4, -0.2) is 23.3 Å². The van der Waals surface area contributed by atoms with E-state index in [1.54, 1.807) is 6.07 Å². The number of aromatic nitrogens is 1. The topological polar surface area (TPSA) is 91.1 Å². The van der Waals surface area contributed by atoms with Crippen LogP contribution in [0.5, 0.6) is 0 Å². The quantitative estimate of drug-likeness (QED) is 0.600. The number of H-pyrrole nitrogens is 1. The Morgan fingerprint density at radius 1 is 1.04 bits per heavy atom. The van der Waals surface area contributed by atoms with Crippen molar-refractivity contribution in [2.45, 2.75) is 6.42 Å². The molecule has 0 bridgehead atoms. The predicted octanol–water partition coefficient (Wildman–Crippen LogP) is 3.05. The summed E-state index contributed by atoms with van der Waals surface area (Å²) in [5.41, 5.74) is 0.305. The van der Waals surface area contributed by atoms with E-state index < -0.39 is 0 Å². The predicted molar refractivity (Wildman–Crippen MR) is 104 cm³/mol. The van der Waals surface area contributed by atoms with Crippen LogP contribution < -0.4 is 16.2 Å². The Kier molecular flexibility index (Phi) is 5.48. The lowest BCUT2D eigenvalue weighted by molar-refractivity contribution is -0.116. The molecule has 0 atom stereocenters. The third-order valence-electron chi connectivity index (χ3n) is 3.79. The van der Waals surface area contributed by atoms with E-state index in [-0.39, 0.29) is 36.0 Å². The molecule has 6 nitrogen and oxygen atoms in total. The van der Waals surface area contributed by atoms with Gasteiger partial charge in [0.25, 0.3) is 11.5 Å². The molecule has 3 aromatic rings. The number of amides is 2. The molecular formula is C19H16BrN3O3. The molecule has 0 saturated heterocycles. The minimum atomic E-state index is -0.387. The van der Waals surface area contributed by atoms with Crippen molar-refractivity contribution in [1.29, 1.82) is 0 Å². The number of benzene rings is 2. The Labute approximate surface area is 157 Å². The van der Waals surface area contributed by atoms with Crippen molar-refractivity contribution in [1.82, 2.24) is 10.3 Å². The van der Waals surface area contributed by atoms with Crippen molar-refractivity contribution in [3.8, 4) is 0 Å². The van der Waals surface area contributed by atoms with Crippen LogP contribution in [0.1, 0.15) is 16.8 Å². The summed E-state index contributed by atoms with van der Waals surface area (Å²) in [6, 6.07) is 14.7. The van der Waals surface area contributed by atoms with Gasteiger partial charge in [0.2, 0.25) is 5.91 Å². The van der Waals surface area contributed by atoms with Gasteiger partial charge in [-0.25, -0.2) is 0 Å². The van der Waals surface area contributed by atoms with Crippen LogP contribution in [0.3, 0.4) is 0 Å². The fraction of sp³-hybridized carbons (Fsp3) is 0.105. The van der Waals surface area contributed by atoms with Gasteiger partial charge in [-0.3, -0.25) is 14.4 Å². The summed E-state index contributed by atoms with van der Waals surface area (Å²) in [5.74, 6) is -0.601. The van der Waals surface area contributed by atoms with E-state index in [2.05, 4.69) is 31.5 Å². The first-order valence-corrected chi connectivity index (χ1v) is 8.77. The Bertz CT molecular complexity index is 1030. The summed E-state index contributed by atoms with van der Waals surface area (Å²) < 4.78 is 0.650. The fourth-order valence-electron chi connectivity index (χ4n) is 2.49. The third kappa shape index (κ3) is 4.37. The van der Waals surface area contributed by atoms with Gasteiger partial charge >= 0.3 is 0 Å². The van der Waals surface area contributed by atoms with Crippen LogP contribution >= 0.6 is 15.9 Å². The van der Waals surface area contributed by atoms with Gasteiger partial charge in [-0.15, -0.1) is 0 Å². The Hall–Kier alpha value is -2.93. The van der Waals surface area contributed by atoms with Crippen LogP contribution in [0.2, 0.25) is 0 Å². The zero-order chi connectivity index (χ0) is 18.5. The number of carbonyl (C=O) groups excluding carboxylic acids is 2. The second kappa shape index (κ2) is 7.97. The summed E-state index contributed by atoms with van der Waals surface area (Å²) >= 11 is 3.22. The molecule has 3 rings (SSSR count). The second-order valence-electron chi connectivity index (χ2n) is 5.68. The summed E-state index contributed by atoms with van der Waals surface area (Å²) in [6.07, 6.45) is 1.55. The molecule has 7 heteroatoms. The van der Waals surface area contributed by atoms with Gasteiger partial charge < -0.3 is 15.6 Å². The molecular weight excluding hydrogens is 398 g/mol. The molecule has 0 spiro atoms. The second-order valence-corrected chi connectivity index (χ2v) is 6.59. The minimum Gasteiger partial charge on any atom is -0.352 e. The third-order valence-corrected chi connectivity index (χ3v) is 4.25. The van der Waals surface area contributed by atoms with Gasteiger partial charge in [0, 0.05) is 29.2 Å². The first-order valence-electron chi connectivity index (χ1n) is 7.98. The summed E-state index contributed by atoms with van der Waals surface area (Å²) in [7, 11) is 0. The number of hydrogen-bond donors (Lipinski definition) is 3. The number of pyridine rings is 1. The van der Waals surface area contributed by atoms with Crippen LogP contribution in [0.25, 0.3) is 10.8 Å². The number of hydrogen-bond acceptors (Lipinski definition) is 3. The molecule has 0 aliphatic heterocycles. The number of fused-ring (bicyclic) bond motifs is 1. The van der Waals surface area contributed by atoms with Gasteiger partial charge in [-0.2, -0.15) is 0 Å². The Morgan fingerprint density at radius 3 is 2.62 bits per heavy atom. The lowest BCUT2D eigenvalue weighted by Crippen LogP contribution is -2.28. The number of aromatic amines is 1. The molecule has 0 aliphatic rings. The van der Waals surface area contributed by atoms with Crippen LogP contribution in [0, 0.1) is 0 Å². The summed E-state index contributed by atoms with van der Waals surface area (Å²) in [4.78, 5) is 38.3. The van der Waals surface area contributed by atoms with E-state index in [0.29, 0.717) is 10.0 Å². The standard InChI is InChI=1S/C19H16BrN3O3/c20-15-10-16(19(26)22-11-15)23-17(24)7-8-21-18(25)14-6-5-12-3-1-2-4-13(12)9-14/h1-6,9-11H,7-8H2,(H,21,25)(H,22,26)(H,23,24). The molecule has 0 fully saturated rings. The van der Waals surface area contributed by atoms with E-state index in [1.165, 1.54) is 12.3 Å². The van der Waals surface area contributed by atoms with Crippen molar-refractivity contribution < 1.29 is 9.59 Å². The molecule has 0 aliphatic carbocycles. The van der Waals surface area contributed by atoms with Gasteiger partial charge in [0.15, 0.2) is 0 Å². The van der Waals surface area contributed by atoms with E-state index in [0.717, 1.165) is 10.8 Å². The van der Waals surface area contributed by atoms with Gasteiger partial charge in [-0.1, -0.05) is 30.3 Å². The molecule has 0 unspecified atom stereocenters. The highest BCUT2D eigenvalue weighted by Gasteiger charge is 2.09. The van der Waals surface area contributed by atoms with E-state index in [9.17, 15) is 14.4 Å². The largest absolute Gasteiger partial charge is 0.352 e. The molecule has 0 saturated carbocycles. The number of carbonyl (C=O) groups is 2. The smallest absolute Gasteiger partial charge is 0.271 e. The highest BCUT2D eigenvalue weighted by atomic mass is 79.9. The molecule has 132 valence electrons. The summed E-state index contributed by atoms with van der Waals surface area (Å²) in [6.45, 7) is 0.170. The number of halogens is 1. The molecule has 26 heavy (non-hydrogen) atoms.